The van der Waals surface area contributed by atoms with E-state index in [1.165, 1.54) is 18.4 Å². The van der Waals surface area contributed by atoms with Crippen LogP contribution in [-0.4, -0.2) is 41.3 Å². The fourth-order valence-corrected chi connectivity index (χ4v) is 6.17. The third-order valence-electron chi connectivity index (χ3n) is 7.49. The van der Waals surface area contributed by atoms with E-state index in [1.54, 1.807) is 11.3 Å². The average Bonchev–Trinajstić information content (AvgIpc) is 3.35. The number of carbonyl (C=O) groups excluding carboxylic acids is 2. The molecule has 2 aliphatic carbocycles. The van der Waals surface area contributed by atoms with Gasteiger partial charge in [-0.3, -0.25) is 9.59 Å². The number of methoxy groups -OCH3 is 1. The minimum Gasteiger partial charge on any atom is -0.469 e. The molecule has 2 fully saturated rings. The minimum absolute atomic E-state index is 0.0249. The Morgan fingerprint density at radius 1 is 1.31 bits per heavy atom. The number of unbranched alkanes of at least 4 members (excludes halogenated alkanes) is 3. The molecule has 2 aliphatic rings. The van der Waals surface area contributed by atoms with Gasteiger partial charge in [0.25, 0.3) is 0 Å². The second-order valence-electron chi connectivity index (χ2n) is 9.60. The lowest BCUT2D eigenvalue weighted by molar-refractivity contribution is -0.140. The molecule has 32 heavy (non-hydrogen) atoms. The summed E-state index contributed by atoms with van der Waals surface area (Å²) in [7, 11) is 1.40. The van der Waals surface area contributed by atoms with E-state index in [-0.39, 0.29) is 35.4 Å². The largest absolute Gasteiger partial charge is 0.469 e. The zero-order valence-corrected chi connectivity index (χ0v) is 20.0. The first-order chi connectivity index (χ1) is 15.4. The van der Waals surface area contributed by atoms with Crippen molar-refractivity contribution in [2.24, 2.45) is 17.3 Å². The standard InChI is InChI=1S/C26H38O5S/c1-31-25(30)13-5-3-2-4-10-20-21(23(28)17-22(20)27)11-6-12-24(29)26(14-8-15-26)18-19-9-7-16-32-19/h6-7,9,11,16,20-21,23-24,28-29H,2-5,8,10,12-15,17-18H2,1H3/b11-6+/t20-,21-,23?,24?/m1/s1. The molecule has 0 aliphatic heterocycles. The number of rotatable bonds is 13. The van der Waals surface area contributed by atoms with E-state index in [1.807, 2.05) is 12.2 Å². The number of aliphatic hydroxyl groups is 2. The van der Waals surface area contributed by atoms with Gasteiger partial charge in [0, 0.05) is 35.0 Å². The van der Waals surface area contributed by atoms with Gasteiger partial charge in [0.2, 0.25) is 0 Å². The summed E-state index contributed by atoms with van der Waals surface area (Å²) in [5, 5.41) is 23.5. The number of hydrogen-bond acceptors (Lipinski definition) is 6. The first-order valence-electron chi connectivity index (χ1n) is 12.1. The lowest BCUT2D eigenvalue weighted by Gasteiger charge is -2.45. The van der Waals surface area contributed by atoms with Gasteiger partial charge in [0.05, 0.1) is 19.3 Å². The molecule has 2 unspecified atom stereocenters. The Hall–Kier alpha value is -1.50. The fourth-order valence-electron chi connectivity index (χ4n) is 5.31. The van der Waals surface area contributed by atoms with Gasteiger partial charge in [0.15, 0.2) is 0 Å². The second-order valence-corrected chi connectivity index (χ2v) is 10.6. The van der Waals surface area contributed by atoms with E-state index in [4.69, 9.17) is 0 Å². The van der Waals surface area contributed by atoms with Gasteiger partial charge in [-0.25, -0.2) is 0 Å². The SMILES string of the molecule is COC(=O)CCCCCC[C@H]1C(=O)CC(O)[C@@H]1/C=C/CC(O)C1(Cc2cccs2)CCC1. The molecule has 0 bridgehead atoms. The summed E-state index contributed by atoms with van der Waals surface area (Å²) in [4.78, 5) is 24.9. The monoisotopic (exact) mass is 462 g/mol. The molecular formula is C26H38O5S. The molecule has 4 atom stereocenters. The zero-order chi connectivity index (χ0) is 23.0. The van der Waals surface area contributed by atoms with Crippen LogP contribution in [-0.2, 0) is 20.7 Å². The van der Waals surface area contributed by atoms with Crippen LogP contribution < -0.4 is 0 Å². The van der Waals surface area contributed by atoms with Crippen LogP contribution in [0.1, 0.15) is 75.5 Å². The van der Waals surface area contributed by atoms with Gasteiger partial charge in [-0.05, 0) is 50.0 Å². The second kappa shape index (κ2) is 12.1. The van der Waals surface area contributed by atoms with Crippen LogP contribution in [0.2, 0.25) is 0 Å². The van der Waals surface area contributed by atoms with Crippen molar-refractivity contribution in [3.8, 4) is 0 Å². The van der Waals surface area contributed by atoms with E-state index in [9.17, 15) is 19.8 Å². The van der Waals surface area contributed by atoms with Crippen LogP contribution in [0.4, 0.5) is 0 Å². The smallest absolute Gasteiger partial charge is 0.305 e. The molecule has 1 heterocycles. The number of thiophene rings is 1. The summed E-state index contributed by atoms with van der Waals surface area (Å²) in [6.45, 7) is 0. The van der Waals surface area contributed by atoms with Crippen LogP contribution in [0.5, 0.6) is 0 Å². The lowest BCUT2D eigenvalue weighted by Crippen LogP contribution is -2.42. The summed E-state index contributed by atoms with van der Waals surface area (Å²) < 4.78 is 4.65. The normalized spacial score (nSPS) is 25.7. The van der Waals surface area contributed by atoms with Gasteiger partial charge < -0.3 is 14.9 Å². The quantitative estimate of drug-likeness (QED) is 0.249. The van der Waals surface area contributed by atoms with E-state index in [2.05, 4.69) is 22.2 Å². The molecule has 1 aromatic rings. The summed E-state index contributed by atoms with van der Waals surface area (Å²) in [5.41, 5.74) is -0.0249. The highest BCUT2D eigenvalue weighted by molar-refractivity contribution is 7.09. The van der Waals surface area contributed by atoms with Crippen molar-refractivity contribution >= 4 is 23.1 Å². The van der Waals surface area contributed by atoms with E-state index in [0.717, 1.165) is 51.4 Å². The van der Waals surface area contributed by atoms with Crippen molar-refractivity contribution < 1.29 is 24.5 Å². The summed E-state index contributed by atoms with van der Waals surface area (Å²) in [6, 6.07) is 4.21. The maximum atomic E-state index is 12.4. The Morgan fingerprint density at radius 2 is 2.09 bits per heavy atom. The third-order valence-corrected chi connectivity index (χ3v) is 8.36. The maximum absolute atomic E-state index is 12.4. The molecule has 0 radical (unpaired) electrons. The van der Waals surface area contributed by atoms with Crippen LogP contribution in [0, 0.1) is 17.3 Å². The Morgan fingerprint density at radius 3 is 2.75 bits per heavy atom. The Labute approximate surface area is 195 Å². The number of hydrogen-bond donors (Lipinski definition) is 2. The van der Waals surface area contributed by atoms with Gasteiger partial charge in [0.1, 0.15) is 5.78 Å². The van der Waals surface area contributed by atoms with Crippen LogP contribution in [0.15, 0.2) is 29.7 Å². The Kier molecular flexibility index (Phi) is 9.50. The average molecular weight is 463 g/mol. The molecule has 1 aromatic heterocycles. The highest BCUT2D eigenvalue weighted by atomic mass is 32.1. The molecule has 5 nitrogen and oxygen atoms in total. The predicted molar refractivity (Wildman–Crippen MR) is 126 cm³/mol. The van der Waals surface area contributed by atoms with Gasteiger partial charge in [-0.2, -0.15) is 0 Å². The summed E-state index contributed by atoms with van der Waals surface area (Å²) in [5.74, 6) is -0.317. The van der Waals surface area contributed by atoms with Crippen molar-refractivity contribution in [1.29, 1.82) is 0 Å². The molecule has 6 heteroatoms. The molecular weight excluding hydrogens is 424 g/mol. The van der Waals surface area contributed by atoms with Crippen LogP contribution in [0.25, 0.3) is 0 Å². The highest BCUT2D eigenvalue weighted by Crippen LogP contribution is 2.48. The molecule has 2 N–H and O–H groups in total. The van der Waals surface area contributed by atoms with Crippen LogP contribution >= 0.6 is 11.3 Å². The molecule has 2 saturated carbocycles. The number of carbonyl (C=O) groups is 2. The number of Topliss-reactive ketones (excluding diaryl/α,β-unsaturated/α-hetero) is 1. The van der Waals surface area contributed by atoms with Gasteiger partial charge in [-0.1, -0.05) is 43.9 Å². The molecule has 3 rings (SSSR count). The minimum atomic E-state index is -0.621. The Balaban J connectivity index is 1.46. The fraction of sp³-hybridized carbons (Fsp3) is 0.692. The van der Waals surface area contributed by atoms with Crippen molar-refractivity contribution in [1.82, 2.24) is 0 Å². The van der Waals surface area contributed by atoms with Crippen molar-refractivity contribution in [2.45, 2.75) is 89.3 Å². The van der Waals surface area contributed by atoms with E-state index < -0.39 is 12.2 Å². The molecule has 0 amide bonds. The van der Waals surface area contributed by atoms with E-state index in [0.29, 0.717) is 12.8 Å². The first kappa shape index (κ1) is 25.1. The molecule has 0 spiro atoms. The predicted octanol–water partition coefficient (Wildman–Crippen LogP) is 4.85. The molecule has 178 valence electrons. The number of ether oxygens (including phenoxy) is 1. The van der Waals surface area contributed by atoms with Gasteiger partial charge in [-0.15, -0.1) is 11.3 Å². The van der Waals surface area contributed by atoms with Crippen LogP contribution in [0.3, 0.4) is 0 Å². The number of aliphatic hydroxyl groups excluding tert-OH is 2. The van der Waals surface area contributed by atoms with Crippen molar-refractivity contribution in [2.75, 3.05) is 7.11 Å². The third kappa shape index (κ3) is 6.52. The zero-order valence-electron chi connectivity index (χ0n) is 19.2. The van der Waals surface area contributed by atoms with Gasteiger partial charge >= 0.3 is 5.97 Å². The molecule has 0 aromatic carbocycles. The van der Waals surface area contributed by atoms with Crippen molar-refractivity contribution in [3.05, 3.63) is 34.5 Å². The van der Waals surface area contributed by atoms with Crippen molar-refractivity contribution in [3.63, 3.8) is 0 Å². The maximum Gasteiger partial charge on any atom is 0.305 e. The summed E-state index contributed by atoms with van der Waals surface area (Å²) >= 11 is 1.75. The first-order valence-corrected chi connectivity index (χ1v) is 13.0. The van der Waals surface area contributed by atoms with E-state index >= 15 is 0 Å². The lowest BCUT2D eigenvalue weighted by atomic mass is 9.62. The Bertz CT molecular complexity index is 752. The summed E-state index contributed by atoms with van der Waals surface area (Å²) in [6.07, 6.45) is 12.8. The molecule has 0 saturated heterocycles. The number of ketones is 1. The topological polar surface area (TPSA) is 83.8 Å². The highest BCUT2D eigenvalue weighted by Gasteiger charge is 2.43. The number of esters is 1.